The Bertz CT molecular complexity index is 997. The van der Waals surface area contributed by atoms with Gasteiger partial charge in [-0.05, 0) is 38.5 Å². The third-order valence-corrected chi connectivity index (χ3v) is 5.08. The van der Waals surface area contributed by atoms with E-state index in [2.05, 4.69) is 5.10 Å². The Hall–Kier alpha value is -3.41. The van der Waals surface area contributed by atoms with Crippen molar-refractivity contribution in [2.45, 2.75) is 26.8 Å². The molecule has 2 aromatic carbocycles. The Labute approximate surface area is 170 Å². The van der Waals surface area contributed by atoms with E-state index in [1.807, 2.05) is 74.5 Å². The quantitative estimate of drug-likeness (QED) is 0.599. The maximum absolute atomic E-state index is 12.7. The first-order chi connectivity index (χ1) is 13.9. The number of hydrogen-bond donors (Lipinski definition) is 0. The van der Waals surface area contributed by atoms with Gasteiger partial charge >= 0.3 is 5.97 Å². The van der Waals surface area contributed by atoms with Crippen molar-refractivity contribution in [3.63, 3.8) is 0 Å². The topological polar surface area (TPSA) is 64.4 Å². The molecule has 0 saturated carbocycles. The summed E-state index contributed by atoms with van der Waals surface area (Å²) in [6, 6.07) is 19.2. The third kappa shape index (κ3) is 4.37. The lowest BCUT2D eigenvalue weighted by Gasteiger charge is -2.25. The van der Waals surface area contributed by atoms with E-state index in [9.17, 15) is 9.59 Å². The molecular formula is C23H25N3O3. The summed E-state index contributed by atoms with van der Waals surface area (Å²) in [4.78, 5) is 26.7. The number of benzene rings is 2. The highest BCUT2D eigenvalue weighted by Gasteiger charge is 2.23. The van der Waals surface area contributed by atoms with E-state index < -0.39 is 5.97 Å². The number of nitrogens with zero attached hydrogens (tertiary/aromatic N) is 3. The van der Waals surface area contributed by atoms with Crippen LogP contribution in [0.3, 0.4) is 0 Å². The Balaban J connectivity index is 1.68. The van der Waals surface area contributed by atoms with Crippen LogP contribution in [0.25, 0.3) is 5.69 Å². The molecule has 3 aromatic rings. The van der Waals surface area contributed by atoms with Crippen LogP contribution in [0.2, 0.25) is 0 Å². The van der Waals surface area contributed by atoms with Crippen LogP contribution in [0.5, 0.6) is 0 Å². The molecule has 0 aliphatic rings. The lowest BCUT2D eigenvalue weighted by Crippen LogP contribution is -2.33. The second-order valence-corrected chi connectivity index (χ2v) is 6.96. The van der Waals surface area contributed by atoms with E-state index in [1.165, 1.54) is 0 Å². The first-order valence-corrected chi connectivity index (χ1v) is 9.49. The molecule has 1 aromatic heterocycles. The summed E-state index contributed by atoms with van der Waals surface area (Å²) in [6.07, 6.45) is 0. The Morgan fingerprint density at radius 2 is 1.62 bits per heavy atom. The van der Waals surface area contributed by atoms with Gasteiger partial charge in [-0.3, -0.25) is 4.79 Å². The maximum atomic E-state index is 12.7. The minimum Gasteiger partial charge on any atom is -0.452 e. The second-order valence-electron chi connectivity index (χ2n) is 6.96. The summed E-state index contributed by atoms with van der Waals surface area (Å²) >= 11 is 0. The lowest BCUT2D eigenvalue weighted by atomic mass is 10.1. The standard InChI is InChI=1S/C23H25N3O3/c1-16-22(18(3)26(24-16)20-13-9-6-10-14-20)23(28)29-15-21(27)25(4)17(2)19-11-7-5-8-12-19/h5-14,17H,15H2,1-4H3/t17-/m0/s1. The van der Waals surface area contributed by atoms with Crippen molar-refractivity contribution in [1.82, 2.24) is 14.7 Å². The molecule has 0 N–H and O–H groups in total. The van der Waals surface area contributed by atoms with Gasteiger partial charge in [0.2, 0.25) is 0 Å². The fourth-order valence-corrected chi connectivity index (χ4v) is 3.23. The summed E-state index contributed by atoms with van der Waals surface area (Å²) < 4.78 is 7.03. The number of likely N-dealkylation sites (N-methyl/N-ethyl adjacent to an activating group) is 1. The number of amides is 1. The lowest BCUT2D eigenvalue weighted by molar-refractivity contribution is -0.135. The molecule has 0 aliphatic heterocycles. The Morgan fingerprint density at radius 3 is 2.24 bits per heavy atom. The number of para-hydroxylation sites is 1. The van der Waals surface area contributed by atoms with Crippen molar-refractivity contribution in [1.29, 1.82) is 0 Å². The Kier molecular flexibility index (Phi) is 6.12. The van der Waals surface area contributed by atoms with Crippen molar-refractivity contribution in [3.05, 3.63) is 83.2 Å². The monoisotopic (exact) mass is 391 g/mol. The fraction of sp³-hybridized carbons (Fsp3) is 0.261. The smallest absolute Gasteiger partial charge is 0.342 e. The molecule has 0 radical (unpaired) electrons. The van der Waals surface area contributed by atoms with Crippen molar-refractivity contribution in [2.75, 3.05) is 13.7 Å². The molecule has 1 atom stereocenters. The largest absolute Gasteiger partial charge is 0.452 e. The molecule has 1 heterocycles. The summed E-state index contributed by atoms with van der Waals surface area (Å²) in [5.41, 5.74) is 3.51. The van der Waals surface area contributed by atoms with Gasteiger partial charge in [0, 0.05) is 7.05 Å². The summed E-state index contributed by atoms with van der Waals surface area (Å²) in [5, 5.41) is 4.45. The van der Waals surface area contributed by atoms with Crippen molar-refractivity contribution < 1.29 is 14.3 Å². The average molecular weight is 391 g/mol. The number of rotatable bonds is 6. The molecule has 150 valence electrons. The van der Waals surface area contributed by atoms with Gasteiger partial charge in [0.1, 0.15) is 5.56 Å². The van der Waals surface area contributed by atoms with Gasteiger partial charge in [-0.1, -0.05) is 48.5 Å². The third-order valence-electron chi connectivity index (χ3n) is 5.08. The SMILES string of the molecule is Cc1nn(-c2ccccc2)c(C)c1C(=O)OCC(=O)N(C)[C@@H](C)c1ccccc1. The molecule has 0 fully saturated rings. The number of hydrogen-bond acceptors (Lipinski definition) is 4. The van der Waals surface area contributed by atoms with E-state index in [0.29, 0.717) is 17.0 Å². The highest BCUT2D eigenvalue weighted by Crippen LogP contribution is 2.20. The zero-order chi connectivity index (χ0) is 21.0. The first-order valence-electron chi connectivity index (χ1n) is 9.49. The van der Waals surface area contributed by atoms with Crippen LogP contribution < -0.4 is 0 Å². The zero-order valence-electron chi connectivity index (χ0n) is 17.1. The van der Waals surface area contributed by atoms with Crippen LogP contribution in [-0.2, 0) is 9.53 Å². The molecule has 0 saturated heterocycles. The summed E-state index contributed by atoms with van der Waals surface area (Å²) in [6.45, 7) is 5.19. The molecule has 1 amide bonds. The van der Waals surface area contributed by atoms with Crippen LogP contribution in [-0.4, -0.2) is 40.2 Å². The van der Waals surface area contributed by atoms with Crippen LogP contribution in [0.15, 0.2) is 60.7 Å². The summed E-state index contributed by atoms with van der Waals surface area (Å²) in [7, 11) is 1.71. The molecule has 3 rings (SSSR count). The first kappa shape index (κ1) is 20.3. The van der Waals surface area contributed by atoms with E-state index in [-0.39, 0.29) is 18.6 Å². The number of aryl methyl sites for hydroxylation is 1. The van der Waals surface area contributed by atoms with E-state index in [0.717, 1.165) is 11.3 Å². The highest BCUT2D eigenvalue weighted by atomic mass is 16.5. The van der Waals surface area contributed by atoms with Gasteiger partial charge in [0.05, 0.1) is 23.1 Å². The normalized spacial score (nSPS) is 11.7. The number of carbonyl (C=O) groups excluding carboxylic acids is 2. The molecule has 0 bridgehead atoms. The number of aromatic nitrogens is 2. The van der Waals surface area contributed by atoms with Gasteiger partial charge in [0.25, 0.3) is 5.91 Å². The number of carbonyl (C=O) groups is 2. The van der Waals surface area contributed by atoms with Crippen molar-refractivity contribution >= 4 is 11.9 Å². The predicted molar refractivity (Wildman–Crippen MR) is 111 cm³/mol. The highest BCUT2D eigenvalue weighted by molar-refractivity contribution is 5.93. The van der Waals surface area contributed by atoms with Gasteiger partial charge in [-0.2, -0.15) is 5.10 Å². The number of esters is 1. The van der Waals surface area contributed by atoms with E-state index >= 15 is 0 Å². The molecule has 29 heavy (non-hydrogen) atoms. The van der Waals surface area contributed by atoms with Crippen molar-refractivity contribution in [3.8, 4) is 5.69 Å². The number of ether oxygens (including phenoxy) is 1. The average Bonchev–Trinajstić information content (AvgIpc) is 3.06. The van der Waals surface area contributed by atoms with Crippen LogP contribution in [0.4, 0.5) is 0 Å². The van der Waals surface area contributed by atoms with Gasteiger partial charge < -0.3 is 9.64 Å². The van der Waals surface area contributed by atoms with Gasteiger partial charge in [0.15, 0.2) is 6.61 Å². The molecule has 0 spiro atoms. The van der Waals surface area contributed by atoms with Crippen LogP contribution in [0.1, 0.15) is 40.3 Å². The van der Waals surface area contributed by atoms with Gasteiger partial charge in [-0.15, -0.1) is 0 Å². The minimum absolute atomic E-state index is 0.119. The molecule has 6 heteroatoms. The van der Waals surface area contributed by atoms with Gasteiger partial charge in [-0.25, -0.2) is 9.48 Å². The molecule has 6 nitrogen and oxygen atoms in total. The molecule has 0 unspecified atom stereocenters. The molecular weight excluding hydrogens is 366 g/mol. The zero-order valence-corrected chi connectivity index (χ0v) is 17.1. The van der Waals surface area contributed by atoms with E-state index in [4.69, 9.17) is 4.74 Å². The van der Waals surface area contributed by atoms with Crippen LogP contribution in [0, 0.1) is 13.8 Å². The van der Waals surface area contributed by atoms with Crippen LogP contribution >= 0.6 is 0 Å². The Morgan fingerprint density at radius 1 is 1.03 bits per heavy atom. The van der Waals surface area contributed by atoms with Crippen molar-refractivity contribution in [2.24, 2.45) is 0 Å². The maximum Gasteiger partial charge on any atom is 0.342 e. The fourth-order valence-electron chi connectivity index (χ4n) is 3.23. The van der Waals surface area contributed by atoms with E-state index in [1.54, 1.807) is 23.6 Å². The predicted octanol–water partition coefficient (Wildman–Crippen LogP) is 3.87. The summed E-state index contributed by atoms with van der Waals surface area (Å²) in [5.74, 6) is -0.809. The second kappa shape index (κ2) is 8.73. The minimum atomic E-state index is -0.545. The molecule has 0 aliphatic carbocycles.